The maximum atomic E-state index is 2.91. The van der Waals surface area contributed by atoms with Crippen LogP contribution in [0.25, 0.3) is 0 Å². The van der Waals surface area contributed by atoms with E-state index in [-0.39, 0.29) is 0 Å². The summed E-state index contributed by atoms with van der Waals surface area (Å²) < 4.78 is 0. The van der Waals surface area contributed by atoms with Crippen LogP contribution >= 0.6 is 0 Å². The van der Waals surface area contributed by atoms with Gasteiger partial charge in [-0.2, -0.15) is 0 Å². The van der Waals surface area contributed by atoms with Gasteiger partial charge in [-0.15, -0.1) is 0 Å². The minimum atomic E-state index is -1.24. The Morgan fingerprint density at radius 2 is 1.10 bits per heavy atom. The zero-order chi connectivity index (χ0) is 22.0. The van der Waals surface area contributed by atoms with Crippen molar-refractivity contribution in [2.75, 3.05) is 0 Å². The Morgan fingerprint density at radius 1 is 0.645 bits per heavy atom. The molecule has 0 bridgehead atoms. The summed E-state index contributed by atoms with van der Waals surface area (Å²) in [6.07, 6.45) is 24.7. The number of hydrogen-bond donors (Lipinski definition) is 0. The van der Waals surface area contributed by atoms with Gasteiger partial charge in [0, 0.05) is 0 Å². The van der Waals surface area contributed by atoms with Crippen LogP contribution in [0.1, 0.15) is 124 Å². The summed E-state index contributed by atoms with van der Waals surface area (Å²) >= 11 is 0. The van der Waals surface area contributed by atoms with E-state index < -0.39 is 8.07 Å². The molecule has 31 heavy (non-hydrogen) atoms. The van der Waals surface area contributed by atoms with Gasteiger partial charge in [-0.3, -0.25) is 0 Å². The first-order chi connectivity index (χ1) is 15.0. The van der Waals surface area contributed by atoms with Crippen LogP contribution in [0.2, 0.25) is 24.2 Å². The smallest absolute Gasteiger partial charge is 0.0541 e. The predicted octanol–water partition coefficient (Wildman–Crippen LogP) is 10.1. The van der Waals surface area contributed by atoms with E-state index in [0.29, 0.717) is 0 Å². The van der Waals surface area contributed by atoms with Gasteiger partial charge in [-0.05, 0) is 84.6 Å². The quantitative estimate of drug-likeness (QED) is 0.310. The molecule has 0 saturated heterocycles. The first-order valence-corrected chi connectivity index (χ1v) is 18.2. The molecule has 4 rings (SSSR count). The zero-order valence-electron chi connectivity index (χ0n) is 22.0. The maximum absolute atomic E-state index is 2.91. The summed E-state index contributed by atoms with van der Waals surface area (Å²) in [7, 11) is -1.24. The molecular weight excluding hydrogens is 388 g/mol. The molecule has 0 amide bonds. The third-order valence-electron chi connectivity index (χ3n) is 11.6. The second kappa shape index (κ2) is 10.6. The molecule has 4 aliphatic rings. The normalized spacial score (nSPS) is 40.8. The third-order valence-corrected chi connectivity index (χ3v) is 16.7. The number of rotatable bonds is 9. The van der Waals surface area contributed by atoms with Gasteiger partial charge in [0.2, 0.25) is 0 Å². The lowest BCUT2D eigenvalue weighted by molar-refractivity contribution is 0.195. The fourth-order valence-corrected chi connectivity index (χ4v) is 15.7. The highest BCUT2D eigenvalue weighted by Gasteiger charge is 2.57. The predicted molar refractivity (Wildman–Crippen MR) is 140 cm³/mol. The fourth-order valence-electron chi connectivity index (χ4n) is 10.2. The van der Waals surface area contributed by atoms with E-state index in [9.17, 15) is 0 Å². The second-order valence-corrected chi connectivity index (χ2v) is 18.5. The van der Waals surface area contributed by atoms with Crippen molar-refractivity contribution >= 4 is 8.07 Å². The Kier molecular flexibility index (Phi) is 8.36. The van der Waals surface area contributed by atoms with Gasteiger partial charge in [0.15, 0.2) is 0 Å². The molecule has 4 fully saturated rings. The van der Waals surface area contributed by atoms with Gasteiger partial charge in [0.25, 0.3) is 0 Å². The summed E-state index contributed by atoms with van der Waals surface area (Å²) in [5.74, 6) is 7.71. The topological polar surface area (TPSA) is 0 Å². The summed E-state index contributed by atoms with van der Waals surface area (Å²) in [6.45, 7) is 13.2. The summed E-state index contributed by atoms with van der Waals surface area (Å²) in [5, 5.41) is 0. The second-order valence-electron chi connectivity index (χ2n) is 13.3. The Morgan fingerprint density at radius 3 is 1.58 bits per heavy atom. The number of hydrogen-bond acceptors (Lipinski definition) is 0. The van der Waals surface area contributed by atoms with Crippen molar-refractivity contribution in [3.8, 4) is 0 Å². The van der Waals surface area contributed by atoms with Gasteiger partial charge < -0.3 is 0 Å². The monoisotopic (exact) mass is 444 g/mol. The molecule has 8 unspecified atom stereocenters. The van der Waals surface area contributed by atoms with Crippen LogP contribution in [0.5, 0.6) is 0 Å². The molecule has 0 spiro atoms. The molecule has 180 valence electrons. The van der Waals surface area contributed by atoms with Gasteiger partial charge in [-0.25, -0.2) is 0 Å². The van der Waals surface area contributed by atoms with Crippen LogP contribution in [0.15, 0.2) is 0 Å². The van der Waals surface area contributed by atoms with Crippen molar-refractivity contribution in [3.05, 3.63) is 0 Å². The van der Waals surface area contributed by atoms with E-state index in [1.807, 2.05) is 0 Å². The first-order valence-electron chi connectivity index (χ1n) is 15.0. The molecule has 8 atom stereocenters. The van der Waals surface area contributed by atoms with E-state index >= 15 is 0 Å². The first kappa shape index (κ1) is 24.3. The summed E-state index contributed by atoms with van der Waals surface area (Å²) in [4.78, 5) is 0. The average molecular weight is 445 g/mol. The van der Waals surface area contributed by atoms with Crippen molar-refractivity contribution in [1.29, 1.82) is 0 Å². The van der Waals surface area contributed by atoms with E-state index in [2.05, 4.69) is 33.9 Å². The van der Waals surface area contributed by atoms with Crippen LogP contribution in [0.4, 0.5) is 0 Å². The molecular formula is C30H56Si. The van der Waals surface area contributed by atoms with Crippen LogP contribution in [0.3, 0.4) is 0 Å². The standard InChI is InChI=1S/C30H56Si/c1-6-13-22(14-7-2)19-24-21-30(28-18-12-10-16-26(24)28)31(4,5)29-20-23(8-3)25-15-9-11-17-27(25)29/h22-30H,6-21H2,1-5H3. The maximum Gasteiger partial charge on any atom is 0.0541 e. The molecule has 0 aromatic rings. The highest BCUT2D eigenvalue weighted by atomic mass is 28.3. The van der Waals surface area contributed by atoms with E-state index in [0.717, 1.165) is 52.5 Å². The van der Waals surface area contributed by atoms with Crippen LogP contribution < -0.4 is 0 Å². The van der Waals surface area contributed by atoms with Gasteiger partial charge >= 0.3 is 0 Å². The molecule has 0 nitrogen and oxygen atoms in total. The van der Waals surface area contributed by atoms with Crippen molar-refractivity contribution in [2.24, 2.45) is 41.4 Å². The van der Waals surface area contributed by atoms with Crippen LogP contribution in [0, 0.1) is 41.4 Å². The van der Waals surface area contributed by atoms with E-state index in [4.69, 9.17) is 0 Å². The zero-order valence-corrected chi connectivity index (χ0v) is 23.0. The Bertz CT molecular complexity index is 547. The Hall–Kier alpha value is 0.217. The minimum absolute atomic E-state index is 1.03. The minimum Gasteiger partial charge on any atom is -0.0689 e. The molecule has 0 radical (unpaired) electrons. The Balaban J connectivity index is 1.53. The van der Waals surface area contributed by atoms with Crippen molar-refractivity contribution in [2.45, 2.75) is 148 Å². The fraction of sp³-hybridized carbons (Fsp3) is 1.00. The molecule has 4 aliphatic carbocycles. The van der Waals surface area contributed by atoms with Crippen LogP contribution in [-0.4, -0.2) is 8.07 Å². The number of fused-ring (bicyclic) bond motifs is 2. The Labute approximate surface area is 197 Å². The van der Waals surface area contributed by atoms with Crippen LogP contribution in [-0.2, 0) is 0 Å². The molecule has 0 aromatic heterocycles. The van der Waals surface area contributed by atoms with Crippen molar-refractivity contribution in [3.63, 3.8) is 0 Å². The highest BCUT2D eigenvalue weighted by molar-refractivity contribution is 6.80. The van der Waals surface area contributed by atoms with E-state index in [1.165, 1.54) is 32.1 Å². The summed E-state index contributed by atoms with van der Waals surface area (Å²) in [6, 6.07) is 0. The van der Waals surface area contributed by atoms with Crippen molar-refractivity contribution < 1.29 is 0 Å². The molecule has 1 heteroatoms. The molecule has 0 N–H and O–H groups in total. The molecule has 0 heterocycles. The van der Waals surface area contributed by atoms with Gasteiger partial charge in [0.05, 0.1) is 8.07 Å². The lowest BCUT2D eigenvalue weighted by Crippen LogP contribution is -2.43. The molecule has 4 saturated carbocycles. The largest absolute Gasteiger partial charge is 0.0689 e. The lowest BCUT2D eigenvalue weighted by atomic mass is 9.74. The molecule has 0 aliphatic heterocycles. The molecule has 0 aromatic carbocycles. The van der Waals surface area contributed by atoms with Crippen molar-refractivity contribution in [1.82, 2.24) is 0 Å². The van der Waals surface area contributed by atoms with E-state index in [1.54, 1.807) is 70.6 Å². The third kappa shape index (κ3) is 4.88. The van der Waals surface area contributed by atoms with Gasteiger partial charge in [-0.1, -0.05) is 104 Å². The summed E-state index contributed by atoms with van der Waals surface area (Å²) in [5.41, 5.74) is 2.33. The van der Waals surface area contributed by atoms with Gasteiger partial charge in [0.1, 0.15) is 0 Å². The SMILES string of the molecule is CCCC(CCC)CC1CC([Si](C)(C)C2CC(CC)C3CCCCC32)C2CCCCC12. The highest BCUT2D eigenvalue weighted by Crippen LogP contribution is 2.64. The average Bonchev–Trinajstić information content (AvgIpc) is 3.34. The lowest BCUT2D eigenvalue weighted by Gasteiger charge is -2.45.